The monoisotopic (exact) mass is 356 g/mol. The fraction of sp³-hybridized carbons (Fsp3) is 0.500. The molecule has 0 radical (unpaired) electrons. The topological polar surface area (TPSA) is 50.6 Å². The van der Waals surface area contributed by atoms with Crippen molar-refractivity contribution in [2.75, 3.05) is 31.6 Å². The van der Waals surface area contributed by atoms with Crippen LogP contribution in [0.1, 0.15) is 33.2 Å². The molecule has 1 aliphatic heterocycles. The maximum Gasteiger partial charge on any atom is 0.247 e. The van der Waals surface area contributed by atoms with E-state index in [0.717, 1.165) is 24.4 Å². The van der Waals surface area contributed by atoms with Crippen molar-refractivity contribution in [3.8, 4) is 5.75 Å². The quantitative estimate of drug-likeness (QED) is 0.826. The van der Waals surface area contributed by atoms with Gasteiger partial charge in [0.05, 0.1) is 18.3 Å². The summed E-state index contributed by atoms with van der Waals surface area (Å²) in [4.78, 5) is 17.4. The number of hydrogen-bond acceptors (Lipinski definition) is 4. The molecule has 3 rings (SSSR count). The third-order valence-corrected chi connectivity index (χ3v) is 5.11. The number of rotatable bonds is 5. The Morgan fingerprint density at radius 3 is 2.65 bits per heavy atom. The zero-order valence-electron chi connectivity index (χ0n) is 16.1. The highest BCUT2D eigenvalue weighted by Crippen LogP contribution is 2.35. The van der Waals surface area contributed by atoms with Gasteiger partial charge in [0.25, 0.3) is 0 Å². The SMILES string of the molecule is CC[C@H](C(=O)N1CCN(c2ccccc2OC)C(C)(C)C1)n1cccn1. The molecule has 2 heterocycles. The number of benzene rings is 1. The van der Waals surface area contributed by atoms with Crippen molar-refractivity contribution in [2.45, 2.75) is 38.8 Å². The van der Waals surface area contributed by atoms with Gasteiger partial charge in [-0.15, -0.1) is 0 Å². The minimum atomic E-state index is -0.237. The van der Waals surface area contributed by atoms with E-state index in [4.69, 9.17) is 4.74 Å². The van der Waals surface area contributed by atoms with Gasteiger partial charge in [0.1, 0.15) is 11.8 Å². The molecule has 6 heteroatoms. The van der Waals surface area contributed by atoms with Crippen LogP contribution in [0.2, 0.25) is 0 Å². The van der Waals surface area contributed by atoms with Crippen molar-refractivity contribution in [3.05, 3.63) is 42.7 Å². The van der Waals surface area contributed by atoms with Crippen LogP contribution >= 0.6 is 0 Å². The third kappa shape index (κ3) is 3.41. The molecule has 1 fully saturated rings. The lowest BCUT2D eigenvalue weighted by Crippen LogP contribution is -2.61. The van der Waals surface area contributed by atoms with Gasteiger partial charge in [0.15, 0.2) is 0 Å². The summed E-state index contributed by atoms with van der Waals surface area (Å²) in [5, 5.41) is 4.27. The van der Waals surface area contributed by atoms with Crippen molar-refractivity contribution in [1.82, 2.24) is 14.7 Å². The zero-order valence-corrected chi connectivity index (χ0v) is 16.1. The second kappa shape index (κ2) is 7.40. The summed E-state index contributed by atoms with van der Waals surface area (Å²) in [5.41, 5.74) is 0.886. The van der Waals surface area contributed by atoms with E-state index in [1.54, 1.807) is 18.0 Å². The Bertz CT molecular complexity index is 742. The van der Waals surface area contributed by atoms with Crippen LogP contribution in [-0.2, 0) is 4.79 Å². The molecule has 1 aliphatic rings. The second-order valence-electron chi connectivity index (χ2n) is 7.31. The smallest absolute Gasteiger partial charge is 0.247 e. The van der Waals surface area contributed by atoms with Gasteiger partial charge in [0, 0.05) is 32.0 Å². The first-order valence-electron chi connectivity index (χ1n) is 9.16. The Morgan fingerprint density at radius 2 is 2.04 bits per heavy atom. The number of nitrogens with zero attached hydrogens (tertiary/aromatic N) is 4. The maximum atomic E-state index is 13.1. The van der Waals surface area contributed by atoms with E-state index in [1.165, 1.54) is 0 Å². The highest BCUT2D eigenvalue weighted by molar-refractivity contribution is 5.81. The lowest BCUT2D eigenvalue weighted by atomic mass is 9.96. The Kier molecular flexibility index (Phi) is 5.20. The summed E-state index contributed by atoms with van der Waals surface area (Å²) >= 11 is 0. The number of methoxy groups -OCH3 is 1. The predicted molar refractivity (Wildman–Crippen MR) is 103 cm³/mol. The number of carbonyl (C=O) groups excluding carboxylic acids is 1. The van der Waals surface area contributed by atoms with E-state index in [0.29, 0.717) is 13.1 Å². The van der Waals surface area contributed by atoms with Crippen molar-refractivity contribution in [2.24, 2.45) is 0 Å². The molecule has 140 valence electrons. The fourth-order valence-corrected chi connectivity index (χ4v) is 3.79. The molecule has 1 aromatic heterocycles. The van der Waals surface area contributed by atoms with E-state index >= 15 is 0 Å². The molecule has 0 bridgehead atoms. The number of aromatic nitrogens is 2. The van der Waals surface area contributed by atoms with Crippen LogP contribution in [0.4, 0.5) is 5.69 Å². The van der Waals surface area contributed by atoms with Crippen LogP contribution < -0.4 is 9.64 Å². The number of piperazine rings is 1. The molecule has 0 N–H and O–H groups in total. The van der Waals surface area contributed by atoms with E-state index in [1.807, 2.05) is 42.3 Å². The molecular weight excluding hydrogens is 328 g/mol. The first-order valence-corrected chi connectivity index (χ1v) is 9.16. The summed E-state index contributed by atoms with van der Waals surface area (Å²) < 4.78 is 7.30. The van der Waals surface area contributed by atoms with E-state index in [9.17, 15) is 4.79 Å². The van der Waals surface area contributed by atoms with Crippen LogP contribution in [0, 0.1) is 0 Å². The van der Waals surface area contributed by atoms with E-state index < -0.39 is 0 Å². The molecule has 0 unspecified atom stereocenters. The first kappa shape index (κ1) is 18.3. The number of anilines is 1. The number of ether oxygens (including phenoxy) is 1. The van der Waals surface area contributed by atoms with Gasteiger partial charge >= 0.3 is 0 Å². The molecule has 6 nitrogen and oxygen atoms in total. The molecule has 26 heavy (non-hydrogen) atoms. The fourth-order valence-electron chi connectivity index (χ4n) is 3.79. The largest absolute Gasteiger partial charge is 0.495 e. The van der Waals surface area contributed by atoms with Crippen LogP contribution in [0.25, 0.3) is 0 Å². The van der Waals surface area contributed by atoms with Gasteiger partial charge in [-0.2, -0.15) is 5.10 Å². The predicted octanol–water partition coefficient (Wildman–Crippen LogP) is 2.97. The number of amides is 1. The molecule has 1 aromatic carbocycles. The summed E-state index contributed by atoms with van der Waals surface area (Å²) in [5.74, 6) is 1.01. The van der Waals surface area contributed by atoms with Gasteiger partial charge in [0.2, 0.25) is 5.91 Å². The lowest BCUT2D eigenvalue weighted by molar-refractivity contribution is -0.136. The van der Waals surface area contributed by atoms with Gasteiger partial charge in [-0.25, -0.2) is 0 Å². The van der Waals surface area contributed by atoms with Crippen LogP contribution in [0.3, 0.4) is 0 Å². The normalized spacial score (nSPS) is 17.8. The molecule has 2 aromatic rings. The molecule has 0 saturated carbocycles. The highest BCUT2D eigenvalue weighted by Gasteiger charge is 2.38. The Labute approximate surface area is 155 Å². The van der Waals surface area contributed by atoms with Gasteiger partial charge in [-0.05, 0) is 38.5 Å². The second-order valence-corrected chi connectivity index (χ2v) is 7.31. The zero-order chi connectivity index (χ0) is 18.7. The first-order chi connectivity index (χ1) is 12.5. The summed E-state index contributed by atoms with van der Waals surface area (Å²) in [6.45, 7) is 8.51. The average molecular weight is 356 g/mol. The minimum Gasteiger partial charge on any atom is -0.495 e. The minimum absolute atomic E-state index is 0.143. The van der Waals surface area contributed by atoms with Crippen LogP contribution in [0.15, 0.2) is 42.7 Å². The molecule has 1 atom stereocenters. The van der Waals surface area contributed by atoms with E-state index in [-0.39, 0.29) is 17.5 Å². The number of hydrogen-bond donors (Lipinski definition) is 0. The molecule has 1 saturated heterocycles. The lowest BCUT2D eigenvalue weighted by Gasteiger charge is -2.49. The average Bonchev–Trinajstić information content (AvgIpc) is 3.15. The third-order valence-electron chi connectivity index (χ3n) is 5.11. The van der Waals surface area contributed by atoms with Crippen molar-refractivity contribution in [3.63, 3.8) is 0 Å². The van der Waals surface area contributed by atoms with Gasteiger partial charge < -0.3 is 14.5 Å². The van der Waals surface area contributed by atoms with Crippen LogP contribution in [0.5, 0.6) is 5.75 Å². The standard InChI is InChI=1S/C20H28N4O2/c1-5-16(24-12-8-11-21-24)19(25)22-13-14-23(20(2,3)15-22)17-9-6-7-10-18(17)26-4/h6-12,16H,5,13-15H2,1-4H3/t16-/m1/s1. The molecular formula is C20H28N4O2. The maximum absolute atomic E-state index is 13.1. The summed E-state index contributed by atoms with van der Waals surface area (Å²) in [6.07, 6.45) is 4.31. The summed E-state index contributed by atoms with van der Waals surface area (Å²) in [7, 11) is 1.70. The van der Waals surface area contributed by atoms with Crippen molar-refractivity contribution < 1.29 is 9.53 Å². The Morgan fingerprint density at radius 1 is 1.27 bits per heavy atom. The van der Waals surface area contributed by atoms with Crippen molar-refractivity contribution in [1.29, 1.82) is 0 Å². The molecule has 0 aliphatic carbocycles. The number of carbonyl (C=O) groups is 1. The van der Waals surface area contributed by atoms with E-state index in [2.05, 4.69) is 29.9 Å². The summed E-state index contributed by atoms with van der Waals surface area (Å²) in [6, 6.07) is 9.68. The number of para-hydroxylation sites is 2. The highest BCUT2D eigenvalue weighted by atomic mass is 16.5. The van der Waals surface area contributed by atoms with Gasteiger partial charge in [-0.3, -0.25) is 9.48 Å². The molecule has 1 amide bonds. The Hall–Kier alpha value is -2.50. The van der Waals surface area contributed by atoms with Crippen molar-refractivity contribution >= 4 is 11.6 Å². The molecule has 0 spiro atoms. The Balaban J connectivity index is 1.79. The van der Waals surface area contributed by atoms with Gasteiger partial charge in [-0.1, -0.05) is 19.1 Å². The van der Waals surface area contributed by atoms with Crippen LogP contribution in [-0.4, -0.2) is 52.9 Å².